The zero-order valence-corrected chi connectivity index (χ0v) is 12.0. The molecule has 0 amide bonds. The van der Waals surface area contributed by atoms with Crippen LogP contribution in [0.1, 0.15) is 35.7 Å². The molecule has 0 atom stereocenters. The van der Waals surface area contributed by atoms with Crippen LogP contribution in [0.25, 0.3) is 0 Å². The number of hydrogen-bond donors (Lipinski definition) is 0. The van der Waals surface area contributed by atoms with Crippen molar-refractivity contribution in [1.82, 2.24) is 0 Å². The number of rotatable bonds is 6. The van der Waals surface area contributed by atoms with Crippen LogP contribution in [0.4, 0.5) is 0 Å². The van der Waals surface area contributed by atoms with Crippen molar-refractivity contribution in [2.45, 2.75) is 26.2 Å². The van der Waals surface area contributed by atoms with Gasteiger partial charge in [-0.15, -0.1) is 0 Å². The van der Waals surface area contributed by atoms with E-state index in [1.54, 1.807) is 24.3 Å². The van der Waals surface area contributed by atoms with E-state index < -0.39 is 0 Å². The van der Waals surface area contributed by atoms with E-state index in [-0.39, 0.29) is 11.8 Å². The van der Waals surface area contributed by atoms with Crippen LogP contribution in [0.2, 0.25) is 0 Å². The van der Waals surface area contributed by atoms with Gasteiger partial charge in [0, 0.05) is 18.4 Å². The van der Waals surface area contributed by atoms with Gasteiger partial charge in [0.2, 0.25) is 0 Å². The SMILES string of the molecule is CCC(=O)c1ccc(OC(=O)CCc2ccccc2)cc1. The second kappa shape index (κ2) is 7.39. The Morgan fingerprint density at radius 1 is 0.952 bits per heavy atom. The van der Waals surface area contributed by atoms with Gasteiger partial charge in [0.15, 0.2) is 5.78 Å². The summed E-state index contributed by atoms with van der Waals surface area (Å²) in [6.07, 6.45) is 1.46. The topological polar surface area (TPSA) is 43.4 Å². The monoisotopic (exact) mass is 282 g/mol. The van der Waals surface area contributed by atoms with E-state index in [0.29, 0.717) is 30.6 Å². The maximum absolute atomic E-state index is 11.8. The molecule has 0 N–H and O–H groups in total. The number of Topliss-reactive ketones (excluding diaryl/α,β-unsaturated/α-hetero) is 1. The molecule has 0 fully saturated rings. The molecule has 0 aliphatic rings. The largest absolute Gasteiger partial charge is 0.427 e. The van der Waals surface area contributed by atoms with Gasteiger partial charge in [-0.3, -0.25) is 9.59 Å². The van der Waals surface area contributed by atoms with Crippen molar-refractivity contribution in [3.63, 3.8) is 0 Å². The van der Waals surface area contributed by atoms with Gasteiger partial charge in [0.1, 0.15) is 5.75 Å². The summed E-state index contributed by atoms with van der Waals surface area (Å²) in [7, 11) is 0. The molecule has 0 saturated heterocycles. The summed E-state index contributed by atoms with van der Waals surface area (Å²) in [5.74, 6) is 0.283. The van der Waals surface area contributed by atoms with E-state index in [1.165, 1.54) is 0 Å². The molecule has 21 heavy (non-hydrogen) atoms. The third-order valence-corrected chi connectivity index (χ3v) is 3.19. The van der Waals surface area contributed by atoms with Crippen LogP contribution < -0.4 is 4.74 Å². The van der Waals surface area contributed by atoms with Gasteiger partial charge in [-0.2, -0.15) is 0 Å². The number of aryl methyl sites for hydroxylation is 1. The maximum atomic E-state index is 11.8. The lowest BCUT2D eigenvalue weighted by Gasteiger charge is -2.05. The summed E-state index contributed by atoms with van der Waals surface area (Å²) >= 11 is 0. The number of carbonyl (C=O) groups excluding carboxylic acids is 2. The summed E-state index contributed by atoms with van der Waals surface area (Å²) in [5.41, 5.74) is 1.75. The minimum Gasteiger partial charge on any atom is -0.427 e. The molecule has 0 unspecified atom stereocenters. The van der Waals surface area contributed by atoms with Gasteiger partial charge in [-0.25, -0.2) is 0 Å². The van der Waals surface area contributed by atoms with Crippen LogP contribution in [0, 0.1) is 0 Å². The number of hydrogen-bond acceptors (Lipinski definition) is 3. The predicted molar refractivity (Wildman–Crippen MR) is 81.5 cm³/mol. The number of carbonyl (C=O) groups is 2. The van der Waals surface area contributed by atoms with Crippen molar-refractivity contribution in [2.24, 2.45) is 0 Å². The Balaban J connectivity index is 1.86. The van der Waals surface area contributed by atoms with Gasteiger partial charge in [0.25, 0.3) is 0 Å². The molecule has 0 bridgehead atoms. The Kier molecular flexibility index (Phi) is 5.27. The first-order valence-corrected chi connectivity index (χ1v) is 7.07. The lowest BCUT2D eigenvalue weighted by Crippen LogP contribution is -2.09. The summed E-state index contributed by atoms with van der Waals surface area (Å²) in [6, 6.07) is 16.5. The summed E-state index contributed by atoms with van der Waals surface area (Å²) in [4.78, 5) is 23.3. The fourth-order valence-corrected chi connectivity index (χ4v) is 1.99. The highest BCUT2D eigenvalue weighted by Crippen LogP contribution is 2.14. The molecule has 3 nitrogen and oxygen atoms in total. The fraction of sp³-hybridized carbons (Fsp3) is 0.222. The second-order valence-corrected chi connectivity index (χ2v) is 4.76. The normalized spacial score (nSPS) is 10.1. The third-order valence-electron chi connectivity index (χ3n) is 3.19. The van der Waals surface area contributed by atoms with Crippen LogP contribution in [0.15, 0.2) is 54.6 Å². The molecule has 2 rings (SSSR count). The lowest BCUT2D eigenvalue weighted by molar-refractivity contribution is -0.134. The fourth-order valence-electron chi connectivity index (χ4n) is 1.99. The zero-order chi connectivity index (χ0) is 15.1. The van der Waals surface area contributed by atoms with Crippen molar-refractivity contribution in [2.75, 3.05) is 0 Å². The lowest BCUT2D eigenvalue weighted by atomic mass is 10.1. The van der Waals surface area contributed by atoms with Crippen molar-refractivity contribution in [3.8, 4) is 5.75 Å². The van der Waals surface area contributed by atoms with Gasteiger partial charge >= 0.3 is 5.97 Å². The molecule has 108 valence electrons. The smallest absolute Gasteiger partial charge is 0.311 e. The highest BCUT2D eigenvalue weighted by atomic mass is 16.5. The molecule has 0 aliphatic heterocycles. The molecule has 0 aliphatic carbocycles. The summed E-state index contributed by atoms with van der Waals surface area (Å²) < 4.78 is 5.25. The van der Waals surface area contributed by atoms with Crippen molar-refractivity contribution in [1.29, 1.82) is 0 Å². The molecule has 0 radical (unpaired) electrons. The van der Waals surface area contributed by atoms with E-state index in [0.717, 1.165) is 5.56 Å². The molecule has 2 aromatic rings. The molecule has 0 spiro atoms. The molecular weight excluding hydrogens is 264 g/mol. The van der Waals surface area contributed by atoms with Crippen LogP contribution in [-0.2, 0) is 11.2 Å². The van der Waals surface area contributed by atoms with E-state index >= 15 is 0 Å². The minimum absolute atomic E-state index is 0.0805. The summed E-state index contributed by atoms with van der Waals surface area (Å²) in [6.45, 7) is 1.82. The Labute approximate surface area is 124 Å². The van der Waals surface area contributed by atoms with Crippen LogP contribution in [0.5, 0.6) is 5.75 Å². The van der Waals surface area contributed by atoms with Crippen molar-refractivity contribution < 1.29 is 14.3 Å². The second-order valence-electron chi connectivity index (χ2n) is 4.76. The maximum Gasteiger partial charge on any atom is 0.311 e. The highest BCUT2D eigenvalue weighted by Gasteiger charge is 2.07. The number of esters is 1. The molecular formula is C18H18O3. The molecule has 2 aromatic carbocycles. The van der Waals surface area contributed by atoms with Gasteiger partial charge in [-0.1, -0.05) is 37.3 Å². The van der Waals surface area contributed by atoms with Crippen molar-refractivity contribution in [3.05, 3.63) is 65.7 Å². The van der Waals surface area contributed by atoms with Gasteiger partial charge in [0.05, 0.1) is 0 Å². The van der Waals surface area contributed by atoms with E-state index in [4.69, 9.17) is 4.74 Å². The van der Waals surface area contributed by atoms with E-state index in [9.17, 15) is 9.59 Å². The summed E-state index contributed by atoms with van der Waals surface area (Å²) in [5, 5.41) is 0. The Bertz CT molecular complexity index is 600. The average molecular weight is 282 g/mol. The Morgan fingerprint density at radius 3 is 2.24 bits per heavy atom. The quantitative estimate of drug-likeness (QED) is 0.459. The number of benzene rings is 2. The highest BCUT2D eigenvalue weighted by molar-refractivity contribution is 5.95. The molecule has 3 heteroatoms. The van der Waals surface area contributed by atoms with Crippen molar-refractivity contribution >= 4 is 11.8 Å². The number of ketones is 1. The van der Waals surface area contributed by atoms with E-state index in [1.807, 2.05) is 37.3 Å². The minimum atomic E-state index is -0.270. The van der Waals surface area contributed by atoms with Crippen LogP contribution >= 0.6 is 0 Å². The third kappa shape index (κ3) is 4.56. The predicted octanol–water partition coefficient (Wildman–Crippen LogP) is 3.82. The molecule has 0 aromatic heterocycles. The first-order valence-electron chi connectivity index (χ1n) is 7.07. The standard InChI is InChI=1S/C18H18O3/c1-2-17(19)15-9-11-16(12-10-15)21-18(20)13-8-14-6-4-3-5-7-14/h3-7,9-12H,2,8,13H2,1H3. The van der Waals surface area contributed by atoms with Gasteiger partial charge < -0.3 is 4.74 Å². The number of ether oxygens (including phenoxy) is 1. The van der Waals surface area contributed by atoms with Gasteiger partial charge in [-0.05, 0) is 36.2 Å². The molecule has 0 saturated carbocycles. The Morgan fingerprint density at radius 2 is 1.62 bits per heavy atom. The molecule has 0 heterocycles. The first kappa shape index (κ1) is 15.0. The first-order chi connectivity index (χ1) is 10.2. The van der Waals surface area contributed by atoms with Crippen LogP contribution in [0.3, 0.4) is 0 Å². The van der Waals surface area contributed by atoms with Crippen LogP contribution in [-0.4, -0.2) is 11.8 Å². The van der Waals surface area contributed by atoms with E-state index in [2.05, 4.69) is 0 Å². The Hall–Kier alpha value is -2.42. The zero-order valence-electron chi connectivity index (χ0n) is 12.0. The average Bonchev–Trinajstić information content (AvgIpc) is 2.54.